The Kier molecular flexibility index (Phi) is 10.8. The van der Waals surface area contributed by atoms with Gasteiger partial charge in [-0.05, 0) is 68.5 Å². The van der Waals surface area contributed by atoms with E-state index in [1.165, 1.54) is 10.6 Å². The maximum Gasteiger partial charge on any atom is 0.242 e. The quantitative estimate of drug-likeness (QED) is 0.408. The van der Waals surface area contributed by atoms with Gasteiger partial charge < -0.3 is 10.2 Å². The summed E-state index contributed by atoms with van der Waals surface area (Å²) in [6.07, 6.45) is 2.44. The number of anilines is 1. The molecule has 0 aliphatic rings. The Morgan fingerprint density at radius 2 is 1.74 bits per heavy atom. The molecule has 0 aliphatic heterocycles. The van der Waals surface area contributed by atoms with Crippen LogP contribution in [0, 0.1) is 13.8 Å². The molecule has 7 nitrogen and oxygen atoms in total. The summed E-state index contributed by atoms with van der Waals surface area (Å²) in [7, 11) is -3.53. The van der Waals surface area contributed by atoms with Crippen molar-refractivity contribution in [2.45, 2.75) is 59.5 Å². The first-order valence-electron chi connectivity index (χ1n) is 11.8. The first-order chi connectivity index (χ1) is 16.4. The van der Waals surface area contributed by atoms with E-state index >= 15 is 0 Å². The van der Waals surface area contributed by atoms with Gasteiger partial charge in [0, 0.05) is 30.5 Å². The first kappa shape index (κ1) is 28.8. The average Bonchev–Trinajstić information content (AvgIpc) is 2.80. The Morgan fingerprint density at radius 1 is 1.09 bits per heavy atom. The molecule has 0 radical (unpaired) electrons. The number of benzene rings is 2. The van der Waals surface area contributed by atoms with Crippen LogP contribution < -0.4 is 9.62 Å². The van der Waals surface area contributed by atoms with Crippen molar-refractivity contribution < 1.29 is 18.0 Å². The Bertz CT molecular complexity index is 1120. The summed E-state index contributed by atoms with van der Waals surface area (Å²) in [6, 6.07) is 12.6. The number of nitrogens with one attached hydrogen (secondary N) is 1. The summed E-state index contributed by atoms with van der Waals surface area (Å²) in [4.78, 5) is 27.5. The minimum atomic E-state index is -3.53. The molecule has 35 heavy (non-hydrogen) atoms. The van der Waals surface area contributed by atoms with Crippen molar-refractivity contribution in [2.75, 3.05) is 23.7 Å². The number of nitrogens with zero attached hydrogens (tertiary/aromatic N) is 2. The van der Waals surface area contributed by atoms with Gasteiger partial charge in [-0.3, -0.25) is 13.9 Å². The Hall–Kier alpha value is -2.39. The lowest BCUT2D eigenvalue weighted by Crippen LogP contribution is -2.47. The molecule has 2 aromatic rings. The van der Waals surface area contributed by atoms with Crippen LogP contribution in [-0.4, -0.2) is 50.5 Å². The summed E-state index contributed by atoms with van der Waals surface area (Å²) in [6.45, 7) is 8.49. The molecule has 9 heteroatoms. The molecule has 0 bridgehead atoms. The van der Waals surface area contributed by atoms with Gasteiger partial charge in [0.25, 0.3) is 0 Å². The number of carbonyl (C=O) groups excluding carboxylic acids is 2. The highest BCUT2D eigenvalue weighted by molar-refractivity contribution is 9.10. The molecule has 0 spiro atoms. The third-order valence-electron chi connectivity index (χ3n) is 5.77. The monoisotopic (exact) mass is 565 g/mol. The second-order valence-corrected chi connectivity index (χ2v) is 11.7. The standard InChI is InChI=1S/C26H36BrN3O4S/c1-6-15-28-26(32)21(4)29(18-22-11-13-23(27)14-12-22)25(31)8-7-16-30(35(5,33)34)24-17-19(2)9-10-20(24)3/h9-14,17,21H,6-8,15-16,18H2,1-5H3,(H,28,32). The summed E-state index contributed by atoms with van der Waals surface area (Å²) in [5.74, 6) is -0.396. The molecule has 1 N–H and O–H groups in total. The fourth-order valence-electron chi connectivity index (χ4n) is 3.74. The van der Waals surface area contributed by atoms with Crippen LogP contribution in [0.1, 0.15) is 49.8 Å². The number of sulfonamides is 1. The van der Waals surface area contributed by atoms with E-state index in [0.717, 1.165) is 27.6 Å². The summed E-state index contributed by atoms with van der Waals surface area (Å²) in [5, 5.41) is 2.86. The Balaban J connectivity index is 2.18. The molecular formula is C26H36BrN3O4S. The average molecular weight is 567 g/mol. The number of hydrogen-bond donors (Lipinski definition) is 1. The normalized spacial score (nSPS) is 12.2. The molecule has 0 fully saturated rings. The van der Waals surface area contributed by atoms with Crippen LogP contribution in [0.4, 0.5) is 5.69 Å². The van der Waals surface area contributed by atoms with Gasteiger partial charge in [-0.2, -0.15) is 0 Å². The molecule has 2 rings (SSSR count). The van der Waals surface area contributed by atoms with Gasteiger partial charge in [-0.1, -0.05) is 47.1 Å². The molecule has 2 aromatic carbocycles. The fraction of sp³-hybridized carbons (Fsp3) is 0.462. The highest BCUT2D eigenvalue weighted by atomic mass is 79.9. The van der Waals surface area contributed by atoms with Crippen LogP contribution in [0.2, 0.25) is 0 Å². The number of halogens is 1. The van der Waals surface area contributed by atoms with Crippen molar-refractivity contribution >= 4 is 43.5 Å². The smallest absolute Gasteiger partial charge is 0.242 e. The van der Waals surface area contributed by atoms with Gasteiger partial charge >= 0.3 is 0 Å². The van der Waals surface area contributed by atoms with Gasteiger partial charge in [-0.15, -0.1) is 0 Å². The van der Waals surface area contributed by atoms with E-state index in [1.807, 2.05) is 63.2 Å². The zero-order valence-corrected chi connectivity index (χ0v) is 23.6. The molecule has 1 unspecified atom stereocenters. The minimum Gasteiger partial charge on any atom is -0.354 e. The second kappa shape index (κ2) is 13.1. The van der Waals surface area contributed by atoms with Crippen molar-refractivity contribution in [3.05, 3.63) is 63.6 Å². The van der Waals surface area contributed by atoms with Crippen LogP contribution in [0.3, 0.4) is 0 Å². The van der Waals surface area contributed by atoms with Gasteiger partial charge in [-0.25, -0.2) is 8.42 Å². The highest BCUT2D eigenvalue weighted by Crippen LogP contribution is 2.25. The summed E-state index contributed by atoms with van der Waals surface area (Å²) in [5.41, 5.74) is 3.34. The maximum absolute atomic E-state index is 13.3. The topological polar surface area (TPSA) is 86.8 Å². The van der Waals surface area contributed by atoms with Crippen molar-refractivity contribution in [3.63, 3.8) is 0 Å². The third-order valence-corrected chi connectivity index (χ3v) is 7.48. The summed E-state index contributed by atoms with van der Waals surface area (Å²) >= 11 is 3.42. The molecule has 0 saturated carbocycles. The molecule has 0 saturated heterocycles. The number of hydrogen-bond acceptors (Lipinski definition) is 4. The number of carbonyl (C=O) groups is 2. The molecule has 0 aromatic heterocycles. The first-order valence-corrected chi connectivity index (χ1v) is 14.4. The lowest BCUT2D eigenvalue weighted by atomic mass is 10.1. The van der Waals surface area contributed by atoms with E-state index in [0.29, 0.717) is 25.2 Å². The lowest BCUT2D eigenvalue weighted by molar-refractivity contribution is -0.140. The third kappa shape index (κ3) is 8.65. The second-order valence-electron chi connectivity index (χ2n) is 8.84. The predicted molar refractivity (Wildman–Crippen MR) is 145 cm³/mol. The molecule has 1 atom stereocenters. The highest BCUT2D eigenvalue weighted by Gasteiger charge is 2.26. The lowest BCUT2D eigenvalue weighted by Gasteiger charge is -2.29. The van der Waals surface area contributed by atoms with Gasteiger partial charge in [0.15, 0.2) is 0 Å². The van der Waals surface area contributed by atoms with E-state index in [2.05, 4.69) is 21.2 Å². The minimum absolute atomic E-state index is 0.124. The SMILES string of the molecule is CCCNC(=O)C(C)N(Cc1ccc(Br)cc1)C(=O)CCCN(c1cc(C)ccc1C)S(C)(=O)=O. The zero-order chi connectivity index (χ0) is 26.2. The predicted octanol–water partition coefficient (Wildman–Crippen LogP) is 4.56. The van der Waals surface area contributed by atoms with Crippen molar-refractivity contribution in [2.24, 2.45) is 0 Å². The summed E-state index contributed by atoms with van der Waals surface area (Å²) < 4.78 is 27.4. The number of rotatable bonds is 12. The Labute approximate surface area is 218 Å². The van der Waals surface area contributed by atoms with Crippen LogP contribution in [0.5, 0.6) is 0 Å². The van der Waals surface area contributed by atoms with E-state index in [-0.39, 0.29) is 24.8 Å². The van der Waals surface area contributed by atoms with Crippen LogP contribution in [0.25, 0.3) is 0 Å². The molecule has 2 amide bonds. The van der Waals surface area contributed by atoms with E-state index in [4.69, 9.17) is 0 Å². The van der Waals surface area contributed by atoms with Gasteiger partial charge in [0.05, 0.1) is 11.9 Å². The van der Waals surface area contributed by atoms with Crippen LogP contribution in [0.15, 0.2) is 46.9 Å². The molecule has 192 valence electrons. The molecular weight excluding hydrogens is 530 g/mol. The van der Waals surface area contributed by atoms with E-state index in [9.17, 15) is 18.0 Å². The van der Waals surface area contributed by atoms with Crippen molar-refractivity contribution in [1.82, 2.24) is 10.2 Å². The molecule has 0 heterocycles. The van der Waals surface area contributed by atoms with E-state index in [1.54, 1.807) is 11.8 Å². The molecule has 0 aliphatic carbocycles. The fourth-order valence-corrected chi connectivity index (χ4v) is 5.01. The van der Waals surface area contributed by atoms with Gasteiger partial charge in [0.1, 0.15) is 6.04 Å². The van der Waals surface area contributed by atoms with Crippen molar-refractivity contribution in [1.29, 1.82) is 0 Å². The van der Waals surface area contributed by atoms with E-state index < -0.39 is 16.1 Å². The van der Waals surface area contributed by atoms with Gasteiger partial charge in [0.2, 0.25) is 21.8 Å². The van der Waals surface area contributed by atoms with Crippen LogP contribution >= 0.6 is 15.9 Å². The zero-order valence-electron chi connectivity index (χ0n) is 21.2. The maximum atomic E-state index is 13.3. The number of aryl methyl sites for hydroxylation is 2. The number of amides is 2. The van der Waals surface area contributed by atoms with Crippen molar-refractivity contribution in [3.8, 4) is 0 Å². The van der Waals surface area contributed by atoms with Crippen LogP contribution in [-0.2, 0) is 26.2 Å². The Morgan fingerprint density at radius 3 is 2.34 bits per heavy atom. The largest absolute Gasteiger partial charge is 0.354 e.